The van der Waals surface area contributed by atoms with Crippen LogP contribution < -0.4 is 0 Å². The summed E-state index contributed by atoms with van der Waals surface area (Å²) in [7, 11) is -3.67. The third-order valence-electron chi connectivity index (χ3n) is 1.57. The quantitative estimate of drug-likeness (QED) is 0.206. The average Bonchev–Trinajstić information content (AvgIpc) is 2.24. The van der Waals surface area contributed by atoms with Crippen molar-refractivity contribution in [3.63, 3.8) is 0 Å². The first-order valence-electron chi connectivity index (χ1n) is 4.89. The molecule has 0 spiro atoms. The molecule has 0 unspecified atom stereocenters. The summed E-state index contributed by atoms with van der Waals surface area (Å²) in [5.74, 6) is 0. The topological polar surface area (TPSA) is 87.0 Å². The van der Waals surface area contributed by atoms with Crippen LogP contribution in [-0.4, -0.2) is 35.7 Å². The summed E-state index contributed by atoms with van der Waals surface area (Å²) in [6.45, 7) is 1.83. The van der Waals surface area contributed by atoms with E-state index >= 15 is 0 Å². The fourth-order valence-electron chi connectivity index (χ4n) is 0.853. The molecular weight excluding hydrogens is 319 g/mol. The number of halogens is 3. The van der Waals surface area contributed by atoms with Gasteiger partial charge >= 0.3 is 6.18 Å². The van der Waals surface area contributed by atoms with Crippen LogP contribution in [0.2, 0.25) is 0 Å². The normalized spacial score (nSPS) is 12.6. The van der Waals surface area contributed by atoms with Crippen molar-refractivity contribution in [3.05, 3.63) is 29.8 Å². The molecule has 0 aliphatic rings. The van der Waals surface area contributed by atoms with Crippen LogP contribution in [0.1, 0.15) is 5.56 Å². The molecule has 0 saturated carbocycles. The minimum atomic E-state index is -4.62. The van der Waals surface area contributed by atoms with E-state index in [9.17, 15) is 21.6 Å². The number of alkyl halides is 3. The van der Waals surface area contributed by atoms with Crippen LogP contribution in [0.15, 0.2) is 34.3 Å². The Morgan fingerprint density at radius 3 is 1.95 bits per heavy atom. The first kappa shape index (κ1) is 18.7. The van der Waals surface area contributed by atoms with Gasteiger partial charge in [-0.05, 0) is 19.1 Å². The second-order valence-corrected chi connectivity index (χ2v) is 6.08. The van der Waals surface area contributed by atoms with Crippen molar-refractivity contribution >= 4 is 26.9 Å². The smallest absolute Gasteiger partial charge is 0.410 e. The molecular formula is C10H12F3NO4S2. The lowest BCUT2D eigenvalue weighted by atomic mass is 10.2. The lowest BCUT2D eigenvalue weighted by Crippen LogP contribution is -2.19. The van der Waals surface area contributed by atoms with Crippen LogP contribution in [0.4, 0.5) is 13.2 Å². The lowest BCUT2D eigenvalue weighted by Gasteiger charge is -2.07. The van der Waals surface area contributed by atoms with Crippen LogP contribution in [0.3, 0.4) is 0 Å². The molecule has 0 saturated heterocycles. The molecule has 20 heavy (non-hydrogen) atoms. The van der Waals surface area contributed by atoms with Crippen molar-refractivity contribution in [1.82, 2.24) is 0 Å². The van der Waals surface area contributed by atoms with Gasteiger partial charge in [-0.15, -0.1) is 0 Å². The first-order chi connectivity index (χ1) is 8.93. The molecule has 0 atom stereocenters. The van der Waals surface area contributed by atoms with Gasteiger partial charge < -0.3 is 5.21 Å². The molecule has 2 N–H and O–H groups in total. The number of rotatable bonds is 1. The van der Waals surface area contributed by atoms with Gasteiger partial charge in [-0.1, -0.05) is 34.6 Å². The predicted octanol–water partition coefficient (Wildman–Crippen LogP) is 2.94. The summed E-state index contributed by atoms with van der Waals surface area (Å²) in [5.41, 5.74) is 0.953. The minimum absolute atomic E-state index is 0.379. The number of aryl methyl sites for hydroxylation is 1. The molecule has 0 aliphatic carbocycles. The third kappa shape index (κ3) is 9.64. The minimum Gasteiger partial charge on any atom is -0.410 e. The van der Waals surface area contributed by atoms with E-state index in [1.807, 2.05) is 6.92 Å². The monoisotopic (exact) mass is 331 g/mol. The zero-order valence-corrected chi connectivity index (χ0v) is 12.1. The molecule has 0 amide bonds. The maximum absolute atomic E-state index is 12.2. The zero-order chi connectivity index (χ0) is 16.0. The van der Waals surface area contributed by atoms with E-state index in [1.54, 1.807) is 12.1 Å². The van der Waals surface area contributed by atoms with Crippen LogP contribution in [0.5, 0.6) is 0 Å². The molecule has 1 aromatic rings. The van der Waals surface area contributed by atoms with Gasteiger partial charge in [0.2, 0.25) is 5.04 Å². The molecule has 10 heteroatoms. The molecule has 114 valence electrons. The molecule has 5 nitrogen and oxygen atoms in total. The SMILES string of the molecule is CS(=O)(=O)O.Cc1ccc(SC(=NO)C(F)(F)F)cc1. The van der Waals surface area contributed by atoms with E-state index < -0.39 is 21.3 Å². The zero-order valence-electron chi connectivity index (χ0n) is 10.4. The van der Waals surface area contributed by atoms with Gasteiger partial charge in [-0.3, -0.25) is 4.55 Å². The maximum atomic E-state index is 12.2. The Morgan fingerprint density at radius 2 is 1.65 bits per heavy atom. The fraction of sp³-hybridized carbons (Fsp3) is 0.300. The molecule has 0 fully saturated rings. The van der Waals surface area contributed by atoms with E-state index in [1.165, 1.54) is 12.1 Å². The van der Waals surface area contributed by atoms with Crippen LogP contribution in [0.25, 0.3) is 0 Å². The van der Waals surface area contributed by atoms with Crippen molar-refractivity contribution in [2.45, 2.75) is 18.0 Å². The summed E-state index contributed by atoms with van der Waals surface area (Å²) >= 11 is 0.379. The van der Waals surface area contributed by atoms with Crippen molar-refractivity contribution in [3.8, 4) is 0 Å². The Balaban J connectivity index is 0.000000621. The molecule has 1 aromatic carbocycles. The lowest BCUT2D eigenvalue weighted by molar-refractivity contribution is -0.0573. The first-order valence-corrected chi connectivity index (χ1v) is 7.56. The highest BCUT2D eigenvalue weighted by molar-refractivity contribution is 8.14. The number of oxime groups is 1. The molecule has 0 radical (unpaired) electrons. The Kier molecular flexibility index (Phi) is 7.03. The van der Waals surface area contributed by atoms with E-state index in [4.69, 9.17) is 9.76 Å². The van der Waals surface area contributed by atoms with Gasteiger partial charge in [0.05, 0.1) is 6.26 Å². The Hall–Kier alpha value is -1.26. The summed E-state index contributed by atoms with van der Waals surface area (Å²) in [6, 6.07) is 6.45. The van der Waals surface area contributed by atoms with Crippen molar-refractivity contribution in [1.29, 1.82) is 0 Å². The maximum Gasteiger partial charge on any atom is 0.443 e. The molecule has 0 aliphatic heterocycles. The molecule has 0 aromatic heterocycles. The van der Waals surface area contributed by atoms with Crippen LogP contribution >= 0.6 is 11.8 Å². The number of hydrogen-bond acceptors (Lipinski definition) is 5. The molecule has 1 rings (SSSR count). The Morgan fingerprint density at radius 1 is 1.25 bits per heavy atom. The number of thioether (sulfide) groups is 1. The number of hydrogen-bond donors (Lipinski definition) is 2. The van der Waals surface area contributed by atoms with Crippen LogP contribution in [-0.2, 0) is 10.1 Å². The third-order valence-corrected chi connectivity index (χ3v) is 2.58. The number of benzene rings is 1. The van der Waals surface area contributed by atoms with Gasteiger partial charge in [0.25, 0.3) is 10.1 Å². The standard InChI is InChI=1S/C9H8F3NOS.CH4O3S/c1-6-2-4-7(5-3-6)15-8(13-14)9(10,11)12;1-5(2,3)4/h2-5,14H,1H3;1H3,(H,2,3,4). The highest BCUT2D eigenvalue weighted by Gasteiger charge is 2.37. The average molecular weight is 331 g/mol. The van der Waals surface area contributed by atoms with E-state index in [0.29, 0.717) is 22.9 Å². The van der Waals surface area contributed by atoms with Gasteiger partial charge in [0.15, 0.2) is 0 Å². The highest BCUT2D eigenvalue weighted by atomic mass is 32.2. The van der Waals surface area contributed by atoms with Crippen molar-refractivity contribution < 1.29 is 31.3 Å². The summed E-state index contributed by atoms with van der Waals surface area (Å²) in [4.78, 5) is 0.380. The molecule has 0 bridgehead atoms. The second-order valence-electron chi connectivity index (χ2n) is 3.55. The van der Waals surface area contributed by atoms with Crippen molar-refractivity contribution in [2.24, 2.45) is 5.16 Å². The summed E-state index contributed by atoms with van der Waals surface area (Å²) in [6.07, 6.45) is -3.91. The summed E-state index contributed by atoms with van der Waals surface area (Å²) < 4.78 is 62.4. The van der Waals surface area contributed by atoms with E-state index in [0.717, 1.165) is 5.56 Å². The van der Waals surface area contributed by atoms with Gasteiger partial charge in [-0.25, -0.2) is 0 Å². The van der Waals surface area contributed by atoms with Crippen LogP contribution in [0, 0.1) is 6.92 Å². The Bertz CT molecular complexity index is 545. The fourth-order valence-corrected chi connectivity index (χ4v) is 1.50. The van der Waals surface area contributed by atoms with Gasteiger partial charge in [-0.2, -0.15) is 21.6 Å². The highest BCUT2D eigenvalue weighted by Crippen LogP contribution is 2.30. The second kappa shape index (κ2) is 7.50. The summed E-state index contributed by atoms with van der Waals surface area (Å²) in [5, 5.41) is 9.18. The Labute approximate surface area is 118 Å². The van der Waals surface area contributed by atoms with Gasteiger partial charge in [0.1, 0.15) is 0 Å². The largest absolute Gasteiger partial charge is 0.443 e. The molecule has 0 heterocycles. The van der Waals surface area contributed by atoms with E-state index in [-0.39, 0.29) is 0 Å². The predicted molar refractivity (Wildman–Crippen MR) is 69.8 cm³/mol. The van der Waals surface area contributed by atoms with Gasteiger partial charge in [0, 0.05) is 4.90 Å². The number of nitrogens with zero attached hydrogens (tertiary/aromatic N) is 1. The van der Waals surface area contributed by atoms with Crippen molar-refractivity contribution in [2.75, 3.05) is 6.26 Å². The van der Waals surface area contributed by atoms with E-state index in [2.05, 4.69) is 5.16 Å².